The number of likely N-dealkylation sites (N-methyl/N-ethyl adjacent to an activating group) is 2. The molecule has 1 saturated heterocycles. The summed E-state index contributed by atoms with van der Waals surface area (Å²) in [6.07, 6.45) is 0. The monoisotopic (exact) mass is 130 g/mol. The van der Waals surface area contributed by atoms with Gasteiger partial charge in [0.15, 0.2) is 0 Å². The molecule has 1 rings (SSSR count). The van der Waals surface area contributed by atoms with E-state index in [2.05, 4.69) is 17.8 Å². The van der Waals surface area contributed by atoms with E-state index in [9.17, 15) is 0 Å². The fraction of sp³-hybridized carbons (Fsp3) is 1.00. The minimum atomic E-state index is 1.04. The number of hydrogen-bond donors (Lipinski definition) is 2. The minimum Gasteiger partial charge on any atom is -0.315 e. The maximum atomic E-state index is 3.35. The van der Waals surface area contributed by atoms with E-state index in [1.165, 1.54) is 19.6 Å². The van der Waals surface area contributed by atoms with Crippen molar-refractivity contribution in [2.24, 2.45) is 0 Å². The zero-order valence-corrected chi connectivity index (χ0v) is 6.28. The molecule has 0 aromatic carbocycles. The zero-order valence-electron chi connectivity index (χ0n) is 6.28. The Morgan fingerprint density at radius 2 is 2.33 bits per heavy atom. The SMILES string of the molecule is CNCC[N+]1(C)CCN1. The van der Waals surface area contributed by atoms with Gasteiger partial charge in [-0.15, -0.1) is 0 Å². The van der Waals surface area contributed by atoms with Crippen molar-refractivity contribution in [3.05, 3.63) is 0 Å². The largest absolute Gasteiger partial charge is 0.315 e. The van der Waals surface area contributed by atoms with Gasteiger partial charge in [0.25, 0.3) is 0 Å². The Morgan fingerprint density at radius 1 is 1.67 bits per heavy atom. The topological polar surface area (TPSA) is 24.1 Å². The van der Waals surface area contributed by atoms with Crippen LogP contribution in [-0.2, 0) is 0 Å². The second-order valence-electron chi connectivity index (χ2n) is 2.85. The molecule has 1 heterocycles. The van der Waals surface area contributed by atoms with Crippen LogP contribution in [-0.4, -0.2) is 44.9 Å². The summed E-state index contributed by atoms with van der Waals surface area (Å²) in [6, 6.07) is 0. The third-order valence-electron chi connectivity index (χ3n) is 1.95. The van der Waals surface area contributed by atoms with Crippen molar-refractivity contribution in [1.82, 2.24) is 10.7 Å². The molecule has 1 atom stereocenters. The van der Waals surface area contributed by atoms with Gasteiger partial charge in [-0.3, -0.25) is 0 Å². The average Bonchev–Trinajstić information content (AvgIpc) is 1.79. The lowest BCUT2D eigenvalue weighted by Gasteiger charge is -2.41. The van der Waals surface area contributed by atoms with Gasteiger partial charge in [0.05, 0.1) is 13.6 Å². The van der Waals surface area contributed by atoms with Gasteiger partial charge in [0.2, 0.25) is 0 Å². The van der Waals surface area contributed by atoms with Gasteiger partial charge in [-0.1, -0.05) is 0 Å². The first kappa shape index (κ1) is 6.99. The first-order valence-electron chi connectivity index (χ1n) is 3.51. The van der Waals surface area contributed by atoms with Crippen LogP contribution in [0.25, 0.3) is 0 Å². The van der Waals surface area contributed by atoms with E-state index in [-0.39, 0.29) is 0 Å². The maximum Gasteiger partial charge on any atom is 0.114 e. The summed E-state index contributed by atoms with van der Waals surface area (Å²) in [7, 11) is 4.22. The van der Waals surface area contributed by atoms with Gasteiger partial charge in [-0.2, -0.15) is 5.43 Å². The number of nitrogens with one attached hydrogen (secondary N) is 2. The van der Waals surface area contributed by atoms with E-state index in [4.69, 9.17) is 0 Å². The second kappa shape index (κ2) is 2.64. The molecule has 0 aromatic heterocycles. The first-order chi connectivity index (χ1) is 4.27. The van der Waals surface area contributed by atoms with Gasteiger partial charge in [0.1, 0.15) is 13.1 Å². The first-order valence-corrected chi connectivity index (χ1v) is 3.51. The van der Waals surface area contributed by atoms with Crippen LogP contribution in [0.4, 0.5) is 0 Å². The Bertz CT molecular complexity index is 88.3. The zero-order chi connectivity index (χ0) is 6.74. The molecule has 9 heavy (non-hydrogen) atoms. The third kappa shape index (κ3) is 1.64. The highest BCUT2D eigenvalue weighted by Crippen LogP contribution is 2.02. The number of quaternary nitrogens is 1. The molecule has 1 aliphatic rings. The molecule has 1 aliphatic heterocycles. The van der Waals surface area contributed by atoms with Crippen LogP contribution in [0.3, 0.4) is 0 Å². The van der Waals surface area contributed by atoms with Crippen LogP contribution >= 0.6 is 0 Å². The summed E-state index contributed by atoms with van der Waals surface area (Å²) >= 11 is 0. The molecule has 3 nitrogen and oxygen atoms in total. The molecule has 3 heteroatoms. The van der Waals surface area contributed by atoms with Gasteiger partial charge < -0.3 is 5.32 Å². The van der Waals surface area contributed by atoms with E-state index in [0.29, 0.717) is 0 Å². The second-order valence-corrected chi connectivity index (χ2v) is 2.85. The molecule has 0 amide bonds. The molecule has 0 saturated carbocycles. The van der Waals surface area contributed by atoms with E-state index in [0.717, 1.165) is 11.1 Å². The van der Waals surface area contributed by atoms with E-state index < -0.39 is 0 Å². The molecule has 1 fully saturated rings. The Labute approximate surface area is 56.6 Å². The van der Waals surface area contributed by atoms with Gasteiger partial charge >= 0.3 is 0 Å². The molecule has 0 aliphatic carbocycles. The van der Waals surface area contributed by atoms with E-state index in [1.54, 1.807) is 0 Å². The lowest BCUT2D eigenvalue weighted by atomic mass is 10.4. The minimum absolute atomic E-state index is 1.04. The summed E-state index contributed by atoms with van der Waals surface area (Å²) in [5, 5.41) is 3.14. The standard InChI is InChI=1S/C6H16N3/c1-7-3-5-9(2)6-4-8-9/h7-8H,3-6H2,1-2H3/q+1. The lowest BCUT2D eigenvalue weighted by Crippen LogP contribution is -2.69. The van der Waals surface area contributed by atoms with Crippen molar-refractivity contribution in [3.63, 3.8) is 0 Å². The normalized spacial score (nSPS) is 34.0. The number of nitrogens with zero attached hydrogens (tertiary/aromatic N) is 1. The summed E-state index contributed by atoms with van der Waals surface area (Å²) in [5.74, 6) is 0. The molecule has 54 valence electrons. The fourth-order valence-electron chi connectivity index (χ4n) is 1.04. The molecule has 0 bridgehead atoms. The van der Waals surface area contributed by atoms with Crippen molar-refractivity contribution in [2.75, 3.05) is 40.3 Å². The predicted octanol–water partition coefficient (Wildman–Crippen LogP) is -0.829. The summed E-state index contributed by atoms with van der Waals surface area (Å²) in [6.45, 7) is 4.75. The Morgan fingerprint density at radius 3 is 2.67 bits per heavy atom. The summed E-state index contributed by atoms with van der Waals surface area (Å²) in [5.41, 5.74) is 3.35. The number of rotatable bonds is 3. The van der Waals surface area contributed by atoms with E-state index in [1.807, 2.05) is 7.05 Å². The van der Waals surface area contributed by atoms with Crippen LogP contribution in [0.1, 0.15) is 0 Å². The van der Waals surface area contributed by atoms with Crippen molar-refractivity contribution >= 4 is 0 Å². The molecule has 0 aromatic rings. The predicted molar refractivity (Wildman–Crippen MR) is 37.8 cm³/mol. The molecular weight excluding hydrogens is 114 g/mol. The maximum absolute atomic E-state index is 3.35. The highest BCUT2D eigenvalue weighted by atomic mass is 15.7. The summed E-state index contributed by atoms with van der Waals surface area (Å²) < 4.78 is 1.04. The van der Waals surface area contributed by atoms with Gasteiger partial charge in [-0.05, 0) is 7.05 Å². The van der Waals surface area contributed by atoms with Crippen LogP contribution in [0, 0.1) is 0 Å². The Kier molecular flexibility index (Phi) is 2.05. The Balaban J connectivity index is 2.09. The van der Waals surface area contributed by atoms with Crippen LogP contribution in [0.5, 0.6) is 0 Å². The average molecular weight is 130 g/mol. The van der Waals surface area contributed by atoms with Crippen LogP contribution < -0.4 is 10.7 Å². The lowest BCUT2D eigenvalue weighted by molar-refractivity contribution is -0.987. The molecule has 2 N–H and O–H groups in total. The van der Waals surface area contributed by atoms with Crippen molar-refractivity contribution < 1.29 is 4.59 Å². The smallest absolute Gasteiger partial charge is 0.114 e. The van der Waals surface area contributed by atoms with Crippen molar-refractivity contribution in [2.45, 2.75) is 0 Å². The quantitative estimate of drug-likeness (QED) is 0.487. The molecule has 0 radical (unpaired) electrons. The van der Waals surface area contributed by atoms with Crippen LogP contribution in [0.15, 0.2) is 0 Å². The molecule has 0 spiro atoms. The molecular formula is C6H16N3+. The van der Waals surface area contributed by atoms with Crippen molar-refractivity contribution in [3.8, 4) is 0 Å². The summed E-state index contributed by atoms with van der Waals surface area (Å²) in [4.78, 5) is 0. The highest BCUT2D eigenvalue weighted by molar-refractivity contribution is 4.48. The fourth-order valence-corrected chi connectivity index (χ4v) is 1.04. The third-order valence-corrected chi connectivity index (χ3v) is 1.95. The number of hydrogen-bond acceptors (Lipinski definition) is 2. The van der Waals surface area contributed by atoms with Crippen molar-refractivity contribution in [1.29, 1.82) is 0 Å². The molecule has 1 unspecified atom stereocenters. The van der Waals surface area contributed by atoms with E-state index >= 15 is 0 Å². The Hall–Kier alpha value is -0.120. The van der Waals surface area contributed by atoms with Gasteiger partial charge in [-0.25, -0.2) is 4.59 Å². The van der Waals surface area contributed by atoms with Gasteiger partial charge in [0, 0.05) is 6.54 Å². The van der Waals surface area contributed by atoms with Crippen LogP contribution in [0.2, 0.25) is 0 Å². The highest BCUT2D eigenvalue weighted by Gasteiger charge is 2.28.